The molecule has 1 heterocycles. The number of ketones is 1. The van der Waals surface area contributed by atoms with E-state index in [2.05, 4.69) is 0 Å². The molecule has 0 saturated heterocycles. The Hall–Kier alpha value is -0.670. The molecule has 1 aromatic heterocycles. The van der Waals surface area contributed by atoms with Crippen LogP contribution in [0.15, 0.2) is 17.5 Å². The van der Waals surface area contributed by atoms with Gasteiger partial charge in [0.1, 0.15) is 0 Å². The summed E-state index contributed by atoms with van der Waals surface area (Å²) in [6.45, 7) is 0. The van der Waals surface area contributed by atoms with E-state index in [0.717, 1.165) is 17.7 Å². The molecule has 1 fully saturated rings. The van der Waals surface area contributed by atoms with Crippen molar-refractivity contribution in [3.05, 3.63) is 22.4 Å². The highest BCUT2D eigenvalue weighted by atomic mass is 32.1. The third-order valence-electron chi connectivity index (χ3n) is 2.66. The van der Waals surface area contributed by atoms with E-state index in [0.29, 0.717) is 0 Å². The largest absolute Gasteiger partial charge is 0.317 e. The average molecular weight is 195 g/mol. The smallest absolute Gasteiger partial charge is 0.157 e. The van der Waals surface area contributed by atoms with Gasteiger partial charge in [-0.2, -0.15) is 0 Å². The first-order chi connectivity index (χ1) is 6.29. The SMILES string of the molecule is NC(C(=O)C1CCC1)c1cccs1. The van der Waals surface area contributed by atoms with E-state index < -0.39 is 0 Å². The zero-order valence-electron chi connectivity index (χ0n) is 7.40. The van der Waals surface area contributed by atoms with Gasteiger partial charge in [-0.3, -0.25) is 4.79 Å². The van der Waals surface area contributed by atoms with Crippen LogP contribution in [0.25, 0.3) is 0 Å². The van der Waals surface area contributed by atoms with Gasteiger partial charge in [-0.05, 0) is 24.3 Å². The van der Waals surface area contributed by atoms with Gasteiger partial charge in [0.15, 0.2) is 5.78 Å². The standard InChI is InChI=1S/C10H13NOS/c11-9(8-5-2-6-13-8)10(12)7-3-1-4-7/h2,5-7,9H,1,3-4,11H2. The molecule has 0 aromatic carbocycles. The Morgan fingerprint density at radius 1 is 1.62 bits per heavy atom. The Balaban J connectivity index is 2.04. The molecule has 2 nitrogen and oxygen atoms in total. The van der Waals surface area contributed by atoms with Crippen molar-refractivity contribution >= 4 is 17.1 Å². The maximum Gasteiger partial charge on any atom is 0.157 e. The highest BCUT2D eigenvalue weighted by molar-refractivity contribution is 7.10. The molecular formula is C10H13NOS. The van der Waals surface area contributed by atoms with Crippen molar-refractivity contribution in [3.63, 3.8) is 0 Å². The highest BCUT2D eigenvalue weighted by Crippen LogP contribution is 2.31. The lowest BCUT2D eigenvalue weighted by Crippen LogP contribution is -2.31. The van der Waals surface area contributed by atoms with Crippen LogP contribution < -0.4 is 5.73 Å². The zero-order chi connectivity index (χ0) is 9.26. The Morgan fingerprint density at radius 2 is 2.38 bits per heavy atom. The number of carbonyl (C=O) groups excluding carboxylic acids is 1. The molecule has 1 saturated carbocycles. The molecule has 0 aliphatic heterocycles. The van der Waals surface area contributed by atoms with Crippen molar-refractivity contribution in [1.29, 1.82) is 0 Å². The molecule has 13 heavy (non-hydrogen) atoms. The predicted molar refractivity (Wildman–Crippen MR) is 53.6 cm³/mol. The third-order valence-corrected chi connectivity index (χ3v) is 3.62. The number of hydrogen-bond donors (Lipinski definition) is 1. The Labute approximate surface area is 81.8 Å². The minimum absolute atomic E-state index is 0.230. The van der Waals surface area contributed by atoms with Crippen LogP contribution in [0.4, 0.5) is 0 Å². The monoisotopic (exact) mass is 195 g/mol. The van der Waals surface area contributed by atoms with Crippen LogP contribution in [0.3, 0.4) is 0 Å². The number of hydrogen-bond acceptors (Lipinski definition) is 3. The van der Waals surface area contributed by atoms with Gasteiger partial charge in [0, 0.05) is 10.8 Å². The van der Waals surface area contributed by atoms with Crippen LogP contribution >= 0.6 is 11.3 Å². The van der Waals surface area contributed by atoms with Crippen molar-refractivity contribution in [1.82, 2.24) is 0 Å². The van der Waals surface area contributed by atoms with Gasteiger partial charge in [-0.15, -0.1) is 11.3 Å². The summed E-state index contributed by atoms with van der Waals surface area (Å²) >= 11 is 1.57. The van der Waals surface area contributed by atoms with Crippen LogP contribution in [0.1, 0.15) is 30.2 Å². The fourth-order valence-electron chi connectivity index (χ4n) is 1.56. The zero-order valence-corrected chi connectivity index (χ0v) is 8.22. The Bertz CT molecular complexity index is 290. The summed E-state index contributed by atoms with van der Waals surface area (Å²) in [5, 5.41) is 1.96. The van der Waals surface area contributed by atoms with E-state index in [1.54, 1.807) is 11.3 Å². The second kappa shape index (κ2) is 3.60. The molecule has 70 valence electrons. The Morgan fingerprint density at radius 3 is 2.85 bits per heavy atom. The molecule has 0 radical (unpaired) electrons. The normalized spacial score (nSPS) is 19.5. The molecule has 2 rings (SSSR count). The summed E-state index contributed by atoms with van der Waals surface area (Å²) in [7, 11) is 0. The lowest BCUT2D eigenvalue weighted by atomic mass is 9.80. The van der Waals surface area contributed by atoms with E-state index >= 15 is 0 Å². The molecular weight excluding hydrogens is 182 g/mol. The van der Waals surface area contributed by atoms with Crippen molar-refractivity contribution in [2.24, 2.45) is 11.7 Å². The lowest BCUT2D eigenvalue weighted by molar-refractivity contribution is -0.126. The quantitative estimate of drug-likeness (QED) is 0.802. The minimum Gasteiger partial charge on any atom is -0.317 e. The summed E-state index contributed by atoms with van der Waals surface area (Å²) in [5.74, 6) is 0.478. The van der Waals surface area contributed by atoms with Gasteiger partial charge in [0.25, 0.3) is 0 Å². The van der Waals surface area contributed by atoms with Gasteiger partial charge in [-0.25, -0.2) is 0 Å². The van der Waals surface area contributed by atoms with Crippen LogP contribution in [-0.2, 0) is 4.79 Å². The van der Waals surface area contributed by atoms with Crippen LogP contribution in [0, 0.1) is 5.92 Å². The summed E-state index contributed by atoms with van der Waals surface area (Å²) in [6, 6.07) is 3.50. The van der Waals surface area contributed by atoms with Gasteiger partial charge in [0.2, 0.25) is 0 Å². The first kappa shape index (κ1) is 8.91. The molecule has 1 atom stereocenters. The molecule has 1 aliphatic rings. The fraction of sp³-hybridized carbons (Fsp3) is 0.500. The molecule has 3 heteroatoms. The number of nitrogens with two attached hydrogens (primary N) is 1. The van der Waals surface area contributed by atoms with Gasteiger partial charge < -0.3 is 5.73 Å². The van der Waals surface area contributed by atoms with Crippen LogP contribution in [-0.4, -0.2) is 5.78 Å². The van der Waals surface area contributed by atoms with Crippen molar-refractivity contribution in [2.45, 2.75) is 25.3 Å². The Kier molecular flexibility index (Phi) is 2.47. The maximum absolute atomic E-state index is 11.7. The summed E-state index contributed by atoms with van der Waals surface area (Å²) < 4.78 is 0. The van der Waals surface area contributed by atoms with Gasteiger partial charge in [0.05, 0.1) is 6.04 Å². The molecule has 1 unspecified atom stereocenters. The van der Waals surface area contributed by atoms with E-state index in [1.165, 1.54) is 6.42 Å². The topological polar surface area (TPSA) is 43.1 Å². The summed E-state index contributed by atoms with van der Waals surface area (Å²) in [5.41, 5.74) is 5.85. The predicted octanol–water partition coefficient (Wildman–Crippen LogP) is 2.12. The van der Waals surface area contributed by atoms with Crippen LogP contribution in [0.5, 0.6) is 0 Å². The number of thiophene rings is 1. The molecule has 0 amide bonds. The van der Waals surface area contributed by atoms with Crippen molar-refractivity contribution in [3.8, 4) is 0 Å². The minimum atomic E-state index is -0.370. The maximum atomic E-state index is 11.7. The lowest BCUT2D eigenvalue weighted by Gasteiger charge is -2.26. The third kappa shape index (κ3) is 1.67. The molecule has 1 aliphatic carbocycles. The van der Waals surface area contributed by atoms with E-state index in [4.69, 9.17) is 5.73 Å². The van der Waals surface area contributed by atoms with Crippen molar-refractivity contribution < 1.29 is 4.79 Å². The summed E-state index contributed by atoms with van der Waals surface area (Å²) in [4.78, 5) is 12.7. The molecule has 2 N–H and O–H groups in total. The summed E-state index contributed by atoms with van der Waals surface area (Å²) in [6.07, 6.45) is 3.27. The molecule has 0 spiro atoms. The van der Waals surface area contributed by atoms with E-state index in [9.17, 15) is 4.79 Å². The van der Waals surface area contributed by atoms with Gasteiger partial charge >= 0.3 is 0 Å². The first-order valence-electron chi connectivity index (χ1n) is 4.62. The van der Waals surface area contributed by atoms with E-state index in [1.807, 2.05) is 17.5 Å². The van der Waals surface area contributed by atoms with Gasteiger partial charge in [-0.1, -0.05) is 12.5 Å². The second-order valence-corrected chi connectivity index (χ2v) is 4.50. The number of carbonyl (C=O) groups is 1. The average Bonchev–Trinajstić information content (AvgIpc) is 2.51. The molecule has 1 aromatic rings. The first-order valence-corrected chi connectivity index (χ1v) is 5.49. The van der Waals surface area contributed by atoms with Crippen LogP contribution in [0.2, 0.25) is 0 Å². The second-order valence-electron chi connectivity index (χ2n) is 3.52. The molecule has 0 bridgehead atoms. The van der Waals surface area contributed by atoms with E-state index in [-0.39, 0.29) is 17.7 Å². The highest BCUT2D eigenvalue weighted by Gasteiger charge is 2.30. The fourth-order valence-corrected chi connectivity index (χ4v) is 2.29. The van der Waals surface area contributed by atoms with Crippen molar-refractivity contribution in [2.75, 3.05) is 0 Å². The number of rotatable bonds is 3. The number of Topliss-reactive ketones (excluding diaryl/α,β-unsaturated/α-hetero) is 1.